The van der Waals surface area contributed by atoms with E-state index in [0.29, 0.717) is 16.9 Å². The molecule has 2 aromatic carbocycles. The number of benzene rings is 2. The number of ether oxygens (including phenoxy) is 2. The molecule has 0 saturated heterocycles. The van der Waals surface area contributed by atoms with Crippen LogP contribution in [0.1, 0.15) is 16.1 Å². The fourth-order valence-corrected chi connectivity index (χ4v) is 3.38. The molecule has 0 fully saturated rings. The fourth-order valence-electron chi connectivity index (χ4n) is 2.57. The molecule has 9 heteroatoms. The summed E-state index contributed by atoms with van der Waals surface area (Å²) >= 11 is 1.49. The molecular weight excluding hydrogens is 378 g/mol. The van der Waals surface area contributed by atoms with E-state index in [1.165, 1.54) is 22.3 Å². The molecule has 140 valence electrons. The van der Waals surface area contributed by atoms with Gasteiger partial charge in [-0.15, -0.1) is 16.4 Å². The molecule has 28 heavy (non-hydrogen) atoms. The molecule has 0 aliphatic carbocycles. The average Bonchev–Trinajstić information content (AvgIpc) is 3.44. The Hall–Kier alpha value is -3.59. The Morgan fingerprint density at radius 1 is 1.14 bits per heavy atom. The normalized spacial score (nSPS) is 10.6. The number of hydrogen-bond donors (Lipinski definition) is 0. The molecule has 8 nitrogen and oxygen atoms in total. The van der Waals surface area contributed by atoms with E-state index < -0.39 is 5.97 Å². The van der Waals surface area contributed by atoms with E-state index in [2.05, 4.69) is 20.5 Å². The minimum absolute atomic E-state index is 0.0788. The molecule has 0 aliphatic heterocycles. The molecule has 0 aliphatic rings. The van der Waals surface area contributed by atoms with Gasteiger partial charge in [0, 0.05) is 10.9 Å². The number of carbonyl (C=O) groups is 1. The summed E-state index contributed by atoms with van der Waals surface area (Å²) in [6.45, 7) is 0.0788. The van der Waals surface area contributed by atoms with Crippen LogP contribution in [0.4, 0.5) is 0 Å². The van der Waals surface area contributed by atoms with Gasteiger partial charge in [0.1, 0.15) is 23.7 Å². The van der Waals surface area contributed by atoms with Gasteiger partial charge in [0.15, 0.2) is 0 Å². The Labute approximate surface area is 164 Å². The standard InChI is InChI=1S/C19H15N5O3S/c1-26-15-8-6-13(7-9-15)18-21-14(11-28-18)10-27-19(25)16-4-2-3-5-17(16)24-12-20-22-23-24/h2-9,11-12H,10H2,1H3. The number of para-hydroxylation sites is 1. The predicted octanol–water partition coefficient (Wildman–Crippen LogP) is 3.15. The molecular formula is C19H15N5O3S. The number of aromatic nitrogens is 5. The molecule has 0 atom stereocenters. The molecule has 0 unspecified atom stereocenters. The van der Waals surface area contributed by atoms with Crippen LogP contribution in [0, 0.1) is 0 Å². The monoisotopic (exact) mass is 393 g/mol. The zero-order valence-corrected chi connectivity index (χ0v) is 15.7. The second-order valence-corrected chi connectivity index (χ2v) is 6.58. The summed E-state index contributed by atoms with van der Waals surface area (Å²) in [5.74, 6) is 0.320. The van der Waals surface area contributed by atoms with Gasteiger partial charge in [-0.3, -0.25) is 0 Å². The van der Waals surface area contributed by atoms with Gasteiger partial charge in [-0.1, -0.05) is 12.1 Å². The summed E-state index contributed by atoms with van der Waals surface area (Å²) in [5, 5.41) is 13.7. The first-order chi connectivity index (χ1) is 13.7. The fraction of sp³-hybridized carbons (Fsp3) is 0.105. The van der Waals surface area contributed by atoms with Crippen LogP contribution in [0.15, 0.2) is 60.2 Å². The first-order valence-corrected chi connectivity index (χ1v) is 9.21. The molecule has 4 rings (SSSR count). The van der Waals surface area contributed by atoms with E-state index in [9.17, 15) is 4.79 Å². The molecule has 0 spiro atoms. The summed E-state index contributed by atoms with van der Waals surface area (Å²) in [6, 6.07) is 14.6. The van der Waals surface area contributed by atoms with E-state index >= 15 is 0 Å². The van der Waals surface area contributed by atoms with Crippen molar-refractivity contribution in [2.45, 2.75) is 6.61 Å². The zero-order chi connectivity index (χ0) is 19.3. The molecule has 0 bridgehead atoms. The Kier molecular flexibility index (Phi) is 5.07. The first kappa shape index (κ1) is 17.8. The maximum atomic E-state index is 12.5. The highest BCUT2D eigenvalue weighted by Gasteiger charge is 2.15. The maximum Gasteiger partial charge on any atom is 0.340 e. The van der Waals surface area contributed by atoms with Crippen molar-refractivity contribution in [2.24, 2.45) is 0 Å². The van der Waals surface area contributed by atoms with Crippen LogP contribution in [-0.4, -0.2) is 38.3 Å². The Morgan fingerprint density at radius 3 is 2.71 bits per heavy atom. The lowest BCUT2D eigenvalue weighted by Crippen LogP contribution is -2.10. The third-order valence-electron chi connectivity index (χ3n) is 3.96. The zero-order valence-electron chi connectivity index (χ0n) is 14.8. The number of nitrogens with zero attached hydrogens (tertiary/aromatic N) is 5. The third kappa shape index (κ3) is 3.74. The highest BCUT2D eigenvalue weighted by molar-refractivity contribution is 7.13. The van der Waals surface area contributed by atoms with Crippen molar-refractivity contribution in [3.63, 3.8) is 0 Å². The summed E-state index contributed by atoms with van der Waals surface area (Å²) in [5.41, 5.74) is 2.59. The number of carbonyl (C=O) groups excluding carboxylic acids is 1. The minimum atomic E-state index is -0.468. The smallest absolute Gasteiger partial charge is 0.340 e. The van der Waals surface area contributed by atoms with Gasteiger partial charge in [-0.25, -0.2) is 9.78 Å². The van der Waals surface area contributed by atoms with Crippen molar-refractivity contribution in [1.29, 1.82) is 0 Å². The molecule has 2 aromatic heterocycles. The van der Waals surface area contributed by atoms with Gasteiger partial charge in [-0.05, 0) is 46.8 Å². The Bertz CT molecular complexity index is 1080. The highest BCUT2D eigenvalue weighted by atomic mass is 32.1. The molecule has 0 amide bonds. The van der Waals surface area contributed by atoms with E-state index in [0.717, 1.165) is 16.3 Å². The topological polar surface area (TPSA) is 92.0 Å². The van der Waals surface area contributed by atoms with Crippen molar-refractivity contribution >= 4 is 17.3 Å². The van der Waals surface area contributed by atoms with Crippen LogP contribution in [0.3, 0.4) is 0 Å². The summed E-state index contributed by atoms with van der Waals surface area (Å²) in [7, 11) is 1.63. The van der Waals surface area contributed by atoms with Crippen LogP contribution < -0.4 is 4.74 Å². The predicted molar refractivity (Wildman–Crippen MR) is 102 cm³/mol. The van der Waals surface area contributed by atoms with Gasteiger partial charge >= 0.3 is 5.97 Å². The highest BCUT2D eigenvalue weighted by Crippen LogP contribution is 2.26. The maximum absolute atomic E-state index is 12.5. The van der Waals surface area contributed by atoms with E-state index in [1.54, 1.807) is 31.4 Å². The van der Waals surface area contributed by atoms with Crippen molar-refractivity contribution < 1.29 is 14.3 Å². The Balaban J connectivity index is 1.45. The number of thiazole rings is 1. The van der Waals surface area contributed by atoms with Crippen LogP contribution in [0.5, 0.6) is 5.75 Å². The molecule has 0 radical (unpaired) electrons. The number of esters is 1. The Morgan fingerprint density at radius 2 is 1.96 bits per heavy atom. The SMILES string of the molecule is COc1ccc(-c2nc(COC(=O)c3ccccc3-n3cnnn3)cs2)cc1. The third-order valence-corrected chi connectivity index (χ3v) is 4.90. The molecule has 4 aromatic rings. The minimum Gasteiger partial charge on any atom is -0.497 e. The molecule has 0 N–H and O–H groups in total. The molecule has 2 heterocycles. The summed E-state index contributed by atoms with van der Waals surface area (Å²) < 4.78 is 12.0. The van der Waals surface area contributed by atoms with Crippen molar-refractivity contribution in [2.75, 3.05) is 7.11 Å². The van der Waals surface area contributed by atoms with Gasteiger partial charge in [0.05, 0.1) is 24.1 Å². The lowest BCUT2D eigenvalue weighted by molar-refractivity contribution is 0.0468. The second-order valence-electron chi connectivity index (χ2n) is 5.72. The number of tetrazole rings is 1. The largest absolute Gasteiger partial charge is 0.497 e. The second kappa shape index (κ2) is 7.97. The first-order valence-electron chi connectivity index (χ1n) is 8.33. The summed E-state index contributed by atoms with van der Waals surface area (Å²) in [6.07, 6.45) is 1.42. The number of rotatable bonds is 6. The van der Waals surface area contributed by atoms with Crippen LogP contribution in [0.2, 0.25) is 0 Å². The average molecular weight is 393 g/mol. The van der Waals surface area contributed by atoms with Crippen LogP contribution >= 0.6 is 11.3 Å². The lowest BCUT2D eigenvalue weighted by Gasteiger charge is -2.07. The van der Waals surface area contributed by atoms with E-state index in [1.807, 2.05) is 29.6 Å². The molecule has 0 saturated carbocycles. The lowest BCUT2D eigenvalue weighted by atomic mass is 10.2. The van der Waals surface area contributed by atoms with Crippen LogP contribution in [0.25, 0.3) is 16.3 Å². The van der Waals surface area contributed by atoms with Gasteiger partial charge < -0.3 is 9.47 Å². The van der Waals surface area contributed by atoms with Gasteiger partial charge in [-0.2, -0.15) is 4.68 Å². The van der Waals surface area contributed by atoms with Gasteiger partial charge in [0.2, 0.25) is 0 Å². The van der Waals surface area contributed by atoms with E-state index in [-0.39, 0.29) is 6.61 Å². The quantitative estimate of drug-likeness (QED) is 0.465. The van der Waals surface area contributed by atoms with Crippen LogP contribution in [-0.2, 0) is 11.3 Å². The summed E-state index contributed by atoms with van der Waals surface area (Å²) in [4.78, 5) is 17.1. The van der Waals surface area contributed by atoms with Gasteiger partial charge in [0.25, 0.3) is 0 Å². The van der Waals surface area contributed by atoms with Crippen molar-refractivity contribution in [1.82, 2.24) is 25.2 Å². The number of methoxy groups -OCH3 is 1. The van der Waals surface area contributed by atoms with Crippen molar-refractivity contribution in [3.05, 3.63) is 71.5 Å². The van der Waals surface area contributed by atoms with E-state index in [4.69, 9.17) is 9.47 Å². The number of hydrogen-bond acceptors (Lipinski definition) is 8. The van der Waals surface area contributed by atoms with Crippen molar-refractivity contribution in [3.8, 4) is 22.0 Å².